The highest BCUT2D eigenvalue weighted by molar-refractivity contribution is 6.05. The molecule has 1 heterocycles. The zero-order chi connectivity index (χ0) is 13.6. The van der Waals surface area contributed by atoms with E-state index in [0.29, 0.717) is 13.1 Å². The summed E-state index contributed by atoms with van der Waals surface area (Å²) in [5.41, 5.74) is 6.18. The van der Waals surface area contributed by atoms with Crippen LogP contribution in [0.4, 0.5) is 0 Å². The summed E-state index contributed by atoms with van der Waals surface area (Å²) >= 11 is 0. The summed E-state index contributed by atoms with van der Waals surface area (Å²) in [6, 6.07) is 0.182. The molecular weight excluding hydrogens is 228 g/mol. The van der Waals surface area contributed by atoms with Crippen molar-refractivity contribution in [1.82, 2.24) is 4.90 Å². The molecule has 1 aliphatic carbocycles. The lowest BCUT2D eigenvalue weighted by Crippen LogP contribution is -2.49. The highest BCUT2D eigenvalue weighted by atomic mass is 16.2. The van der Waals surface area contributed by atoms with Crippen molar-refractivity contribution in [2.75, 3.05) is 13.1 Å². The Bertz CT molecular complexity index is 378. The smallest absolute Gasteiger partial charge is 0.230 e. The summed E-state index contributed by atoms with van der Waals surface area (Å²) in [5.74, 6) is 0.0555. The number of nitrogens with zero attached hydrogens (tertiary/aromatic N) is 1. The van der Waals surface area contributed by atoms with Crippen LogP contribution < -0.4 is 5.73 Å². The van der Waals surface area contributed by atoms with Gasteiger partial charge in [-0.15, -0.1) is 0 Å². The highest BCUT2D eigenvalue weighted by Gasteiger charge is 2.45. The van der Waals surface area contributed by atoms with Gasteiger partial charge in [-0.1, -0.05) is 20.8 Å². The van der Waals surface area contributed by atoms with E-state index in [1.165, 1.54) is 0 Å². The van der Waals surface area contributed by atoms with Crippen molar-refractivity contribution in [1.29, 1.82) is 0 Å². The second-order valence-electron chi connectivity index (χ2n) is 7.15. The molecule has 1 aliphatic heterocycles. The van der Waals surface area contributed by atoms with E-state index in [4.69, 9.17) is 5.73 Å². The van der Waals surface area contributed by atoms with E-state index < -0.39 is 0 Å². The average Bonchev–Trinajstić information content (AvgIpc) is 2.55. The van der Waals surface area contributed by atoms with Gasteiger partial charge in [-0.3, -0.25) is 9.59 Å². The number of hydrogen-bond acceptors (Lipinski definition) is 3. The molecule has 1 saturated heterocycles. The van der Waals surface area contributed by atoms with Crippen LogP contribution >= 0.6 is 0 Å². The number of rotatable bonds is 2. The largest absolute Gasteiger partial charge is 0.332 e. The Labute approximate surface area is 109 Å². The zero-order valence-corrected chi connectivity index (χ0v) is 11.7. The van der Waals surface area contributed by atoms with E-state index in [0.717, 1.165) is 19.3 Å². The van der Waals surface area contributed by atoms with Crippen molar-refractivity contribution in [2.24, 2.45) is 16.6 Å². The third-order valence-corrected chi connectivity index (χ3v) is 4.37. The molecule has 0 aromatic carbocycles. The first kappa shape index (κ1) is 13.5. The lowest BCUT2D eigenvalue weighted by atomic mass is 9.62. The van der Waals surface area contributed by atoms with Crippen LogP contribution in [-0.2, 0) is 9.59 Å². The van der Waals surface area contributed by atoms with Gasteiger partial charge in [0.25, 0.3) is 0 Å². The van der Waals surface area contributed by atoms with Gasteiger partial charge in [-0.25, -0.2) is 0 Å². The minimum absolute atomic E-state index is 0.00192. The predicted octanol–water partition coefficient (Wildman–Crippen LogP) is 1.33. The Balaban J connectivity index is 2.18. The Morgan fingerprint density at radius 1 is 1.28 bits per heavy atom. The van der Waals surface area contributed by atoms with E-state index in [9.17, 15) is 9.59 Å². The van der Waals surface area contributed by atoms with Crippen LogP contribution in [0.5, 0.6) is 0 Å². The van der Waals surface area contributed by atoms with Gasteiger partial charge < -0.3 is 10.6 Å². The van der Waals surface area contributed by atoms with Gasteiger partial charge in [-0.2, -0.15) is 0 Å². The van der Waals surface area contributed by atoms with Crippen LogP contribution in [0.3, 0.4) is 0 Å². The van der Waals surface area contributed by atoms with Gasteiger partial charge in [0.15, 0.2) is 5.78 Å². The molecule has 4 heteroatoms. The van der Waals surface area contributed by atoms with E-state index in [1.807, 2.05) is 0 Å². The molecular formula is C14H24N2O2. The summed E-state index contributed by atoms with van der Waals surface area (Å²) in [5, 5.41) is 0. The summed E-state index contributed by atoms with van der Waals surface area (Å²) in [4.78, 5) is 25.1. The van der Waals surface area contributed by atoms with Gasteiger partial charge >= 0.3 is 0 Å². The monoisotopic (exact) mass is 252 g/mol. The van der Waals surface area contributed by atoms with Crippen molar-refractivity contribution in [3.8, 4) is 0 Å². The molecule has 102 valence electrons. The summed E-state index contributed by atoms with van der Waals surface area (Å²) in [6.45, 7) is 7.61. The molecule has 0 radical (unpaired) electrons. The van der Waals surface area contributed by atoms with Gasteiger partial charge in [0.05, 0.1) is 13.0 Å². The summed E-state index contributed by atoms with van der Waals surface area (Å²) in [6.07, 6.45) is 3.08. The van der Waals surface area contributed by atoms with Gasteiger partial charge in [0, 0.05) is 6.04 Å². The van der Waals surface area contributed by atoms with E-state index in [2.05, 4.69) is 20.8 Å². The fourth-order valence-corrected chi connectivity index (χ4v) is 3.89. The second-order valence-corrected chi connectivity index (χ2v) is 7.15. The fraction of sp³-hybridized carbons (Fsp3) is 0.857. The number of hydrogen-bond donors (Lipinski definition) is 1. The number of nitrogens with two attached hydrogens (primary N) is 1. The molecule has 0 spiro atoms. The molecule has 2 rings (SSSR count). The van der Waals surface area contributed by atoms with E-state index in [1.54, 1.807) is 4.90 Å². The molecule has 4 nitrogen and oxygen atoms in total. The maximum Gasteiger partial charge on any atom is 0.230 e. The van der Waals surface area contributed by atoms with Crippen molar-refractivity contribution in [3.63, 3.8) is 0 Å². The number of carbonyl (C=O) groups is 2. The number of carbonyl (C=O) groups excluding carboxylic acids is 2. The van der Waals surface area contributed by atoms with Gasteiger partial charge in [0.1, 0.15) is 0 Å². The highest BCUT2D eigenvalue weighted by Crippen LogP contribution is 2.47. The van der Waals surface area contributed by atoms with Crippen LogP contribution in [0.15, 0.2) is 0 Å². The van der Waals surface area contributed by atoms with Crippen molar-refractivity contribution < 1.29 is 9.59 Å². The van der Waals surface area contributed by atoms with Crippen LogP contribution in [-0.4, -0.2) is 35.7 Å². The molecule has 2 atom stereocenters. The molecule has 1 amide bonds. The summed E-state index contributed by atoms with van der Waals surface area (Å²) < 4.78 is 0. The Morgan fingerprint density at radius 3 is 2.44 bits per heavy atom. The molecule has 2 fully saturated rings. The van der Waals surface area contributed by atoms with Crippen molar-refractivity contribution >= 4 is 11.7 Å². The molecule has 18 heavy (non-hydrogen) atoms. The lowest BCUT2D eigenvalue weighted by molar-refractivity contribution is -0.132. The van der Waals surface area contributed by atoms with E-state index >= 15 is 0 Å². The number of Topliss-reactive ketones (excluding diaryl/α,β-unsaturated/α-hetero) is 1. The molecule has 0 aromatic heterocycles. The van der Waals surface area contributed by atoms with Gasteiger partial charge in [0.2, 0.25) is 5.91 Å². The molecule has 2 unspecified atom stereocenters. The fourth-order valence-electron chi connectivity index (χ4n) is 3.89. The molecule has 0 bridgehead atoms. The van der Waals surface area contributed by atoms with Crippen LogP contribution in [0.1, 0.15) is 46.5 Å². The number of amides is 1. The minimum Gasteiger partial charge on any atom is -0.332 e. The van der Waals surface area contributed by atoms with Crippen molar-refractivity contribution in [3.05, 3.63) is 0 Å². The Kier molecular flexibility index (Phi) is 3.26. The van der Waals surface area contributed by atoms with Crippen LogP contribution in [0.25, 0.3) is 0 Å². The predicted molar refractivity (Wildman–Crippen MR) is 69.9 cm³/mol. The third-order valence-electron chi connectivity index (χ3n) is 4.37. The molecule has 2 aliphatic rings. The average molecular weight is 252 g/mol. The van der Waals surface area contributed by atoms with E-state index in [-0.39, 0.29) is 35.0 Å². The maximum atomic E-state index is 11.9. The quantitative estimate of drug-likeness (QED) is 0.754. The maximum absolute atomic E-state index is 11.9. The molecule has 2 N–H and O–H groups in total. The summed E-state index contributed by atoms with van der Waals surface area (Å²) in [7, 11) is 0. The minimum atomic E-state index is 0.00192. The first-order valence-electron chi connectivity index (χ1n) is 6.76. The molecule has 1 saturated carbocycles. The first-order chi connectivity index (χ1) is 8.25. The standard InChI is InChI=1S/C14H24N2O2/c1-13(2)5-10(6-14(3,8-13)9-15)16-7-11(17)4-12(16)18/h10H,4-9,15H2,1-3H3. The topological polar surface area (TPSA) is 63.4 Å². The molecule has 0 aromatic rings. The van der Waals surface area contributed by atoms with Crippen LogP contribution in [0, 0.1) is 10.8 Å². The lowest BCUT2D eigenvalue weighted by Gasteiger charge is -2.48. The Hall–Kier alpha value is -0.900. The first-order valence-corrected chi connectivity index (χ1v) is 6.76. The van der Waals surface area contributed by atoms with Crippen LogP contribution in [0.2, 0.25) is 0 Å². The second kappa shape index (κ2) is 4.34. The van der Waals surface area contributed by atoms with Crippen molar-refractivity contribution in [2.45, 2.75) is 52.5 Å². The normalized spacial score (nSPS) is 36.2. The SMILES string of the molecule is CC1(C)CC(N2CC(=O)CC2=O)CC(C)(CN)C1. The number of ketones is 1. The Morgan fingerprint density at radius 2 is 1.94 bits per heavy atom. The zero-order valence-electron chi connectivity index (χ0n) is 11.7. The number of likely N-dealkylation sites (tertiary alicyclic amines) is 1. The van der Waals surface area contributed by atoms with Gasteiger partial charge in [-0.05, 0) is 36.6 Å². The third kappa shape index (κ3) is 2.58.